The predicted molar refractivity (Wildman–Crippen MR) is 62.7 cm³/mol. The van der Waals surface area contributed by atoms with Crippen LogP contribution < -0.4 is 10.1 Å². The highest BCUT2D eigenvalue weighted by Crippen LogP contribution is 2.29. The van der Waals surface area contributed by atoms with Crippen LogP contribution in [0.2, 0.25) is 0 Å². The maximum absolute atomic E-state index is 13.9. The smallest absolute Gasteiger partial charge is 0.267 e. The Balaban J connectivity index is 2.07. The standard InChI is InChI=1S/C13H17F2NO/c1-17-11-5-2-4-10(8-11)9-13(14,15)12-6-3-7-16-12/h2,4-5,8,12,16H,3,6-7,9H2,1H3. The molecule has 1 aromatic carbocycles. The Morgan fingerprint density at radius 2 is 2.29 bits per heavy atom. The molecule has 1 N–H and O–H groups in total. The van der Waals surface area contributed by atoms with Crippen LogP contribution in [0.15, 0.2) is 24.3 Å². The molecule has 1 aromatic rings. The summed E-state index contributed by atoms with van der Waals surface area (Å²) in [6.45, 7) is 0.693. The van der Waals surface area contributed by atoms with Crippen molar-refractivity contribution >= 4 is 0 Å². The molecule has 1 aliphatic heterocycles. The minimum absolute atomic E-state index is 0.234. The minimum Gasteiger partial charge on any atom is -0.497 e. The highest BCUT2D eigenvalue weighted by atomic mass is 19.3. The quantitative estimate of drug-likeness (QED) is 0.875. The second-order valence-corrected chi connectivity index (χ2v) is 4.44. The third-order valence-corrected chi connectivity index (χ3v) is 3.14. The monoisotopic (exact) mass is 241 g/mol. The normalized spacial score (nSPS) is 20.5. The number of hydrogen-bond donors (Lipinski definition) is 1. The van der Waals surface area contributed by atoms with Crippen molar-refractivity contribution < 1.29 is 13.5 Å². The van der Waals surface area contributed by atoms with E-state index in [9.17, 15) is 8.78 Å². The van der Waals surface area contributed by atoms with Gasteiger partial charge in [0.2, 0.25) is 0 Å². The average Bonchev–Trinajstić information content (AvgIpc) is 2.83. The lowest BCUT2D eigenvalue weighted by Crippen LogP contribution is -2.42. The fourth-order valence-corrected chi connectivity index (χ4v) is 2.22. The highest BCUT2D eigenvalue weighted by molar-refractivity contribution is 5.29. The molecule has 0 spiro atoms. The van der Waals surface area contributed by atoms with Gasteiger partial charge in [-0.15, -0.1) is 0 Å². The lowest BCUT2D eigenvalue weighted by Gasteiger charge is -2.23. The molecule has 0 amide bonds. The van der Waals surface area contributed by atoms with E-state index < -0.39 is 12.0 Å². The van der Waals surface area contributed by atoms with Gasteiger partial charge in [0.25, 0.3) is 5.92 Å². The third-order valence-electron chi connectivity index (χ3n) is 3.14. The van der Waals surface area contributed by atoms with Crippen LogP contribution in [0.3, 0.4) is 0 Å². The predicted octanol–water partition coefficient (Wildman–Crippen LogP) is 2.62. The first-order valence-electron chi connectivity index (χ1n) is 5.86. The van der Waals surface area contributed by atoms with E-state index in [0.717, 1.165) is 6.42 Å². The minimum atomic E-state index is -2.69. The van der Waals surface area contributed by atoms with Gasteiger partial charge in [-0.3, -0.25) is 0 Å². The van der Waals surface area contributed by atoms with Crippen LogP contribution in [0.5, 0.6) is 5.75 Å². The molecule has 0 bridgehead atoms. The van der Waals surface area contributed by atoms with E-state index in [1.165, 1.54) is 7.11 Å². The van der Waals surface area contributed by atoms with Crippen molar-refractivity contribution in [2.24, 2.45) is 0 Å². The van der Waals surface area contributed by atoms with Gasteiger partial charge in [0, 0.05) is 6.42 Å². The number of hydrogen-bond acceptors (Lipinski definition) is 2. The molecule has 0 saturated carbocycles. The molecule has 1 saturated heterocycles. The summed E-state index contributed by atoms with van der Waals surface area (Å²) in [6.07, 6.45) is 1.15. The maximum Gasteiger partial charge on any atom is 0.267 e. The van der Waals surface area contributed by atoms with Crippen molar-refractivity contribution in [1.29, 1.82) is 0 Å². The van der Waals surface area contributed by atoms with Crippen LogP contribution in [0.25, 0.3) is 0 Å². The number of rotatable bonds is 4. The van der Waals surface area contributed by atoms with Gasteiger partial charge in [-0.2, -0.15) is 0 Å². The molecule has 2 nitrogen and oxygen atoms in total. The Morgan fingerprint density at radius 1 is 1.47 bits per heavy atom. The van der Waals surface area contributed by atoms with Gasteiger partial charge in [0.15, 0.2) is 0 Å². The zero-order valence-corrected chi connectivity index (χ0v) is 9.88. The fraction of sp³-hybridized carbons (Fsp3) is 0.538. The van der Waals surface area contributed by atoms with E-state index in [1.807, 2.05) is 0 Å². The highest BCUT2D eigenvalue weighted by Gasteiger charge is 2.40. The lowest BCUT2D eigenvalue weighted by molar-refractivity contribution is -0.0307. The van der Waals surface area contributed by atoms with Crippen molar-refractivity contribution in [3.8, 4) is 5.75 Å². The molecule has 1 heterocycles. The van der Waals surface area contributed by atoms with Crippen molar-refractivity contribution in [3.63, 3.8) is 0 Å². The Hall–Kier alpha value is -1.16. The Bertz CT molecular complexity index is 375. The first-order valence-corrected chi connectivity index (χ1v) is 5.86. The number of methoxy groups -OCH3 is 1. The van der Waals surface area contributed by atoms with Crippen molar-refractivity contribution in [3.05, 3.63) is 29.8 Å². The zero-order chi connectivity index (χ0) is 12.3. The Morgan fingerprint density at radius 3 is 2.94 bits per heavy atom. The van der Waals surface area contributed by atoms with E-state index in [1.54, 1.807) is 24.3 Å². The molecular formula is C13H17F2NO. The van der Waals surface area contributed by atoms with Gasteiger partial charge in [-0.1, -0.05) is 12.1 Å². The summed E-state index contributed by atoms with van der Waals surface area (Å²) in [4.78, 5) is 0. The summed E-state index contributed by atoms with van der Waals surface area (Å²) in [5.74, 6) is -2.07. The van der Waals surface area contributed by atoms with E-state index in [4.69, 9.17) is 4.74 Å². The maximum atomic E-state index is 13.9. The number of halogens is 2. The van der Waals surface area contributed by atoms with Crippen LogP contribution in [0.4, 0.5) is 8.78 Å². The first-order chi connectivity index (χ1) is 8.12. The Labute approximate surface area is 100.0 Å². The lowest BCUT2D eigenvalue weighted by atomic mass is 10.00. The van der Waals surface area contributed by atoms with E-state index >= 15 is 0 Å². The molecule has 0 aliphatic carbocycles. The SMILES string of the molecule is COc1cccc(CC(F)(F)C2CCCN2)c1. The molecule has 4 heteroatoms. The van der Waals surface area contributed by atoms with Gasteiger partial charge in [0.05, 0.1) is 13.2 Å². The van der Waals surface area contributed by atoms with Gasteiger partial charge >= 0.3 is 0 Å². The second-order valence-electron chi connectivity index (χ2n) is 4.44. The van der Waals surface area contributed by atoms with Gasteiger partial charge in [-0.25, -0.2) is 8.78 Å². The number of ether oxygens (including phenoxy) is 1. The summed E-state index contributed by atoms with van der Waals surface area (Å²) in [7, 11) is 1.54. The number of nitrogens with one attached hydrogen (secondary N) is 1. The molecule has 0 aromatic heterocycles. The number of alkyl halides is 2. The molecule has 0 radical (unpaired) electrons. The molecule has 1 atom stereocenters. The largest absolute Gasteiger partial charge is 0.497 e. The summed E-state index contributed by atoms with van der Waals surface area (Å²) < 4.78 is 32.9. The van der Waals surface area contributed by atoms with E-state index in [2.05, 4.69) is 5.32 Å². The second kappa shape index (κ2) is 5.00. The van der Waals surface area contributed by atoms with Crippen molar-refractivity contribution in [1.82, 2.24) is 5.32 Å². The molecule has 1 unspecified atom stereocenters. The fourth-order valence-electron chi connectivity index (χ4n) is 2.22. The van der Waals surface area contributed by atoms with Crippen LogP contribution in [0.1, 0.15) is 18.4 Å². The first kappa shape index (κ1) is 12.3. The molecule has 17 heavy (non-hydrogen) atoms. The van der Waals surface area contributed by atoms with E-state index in [-0.39, 0.29) is 6.42 Å². The van der Waals surface area contributed by atoms with Gasteiger partial charge in [-0.05, 0) is 37.1 Å². The molecule has 94 valence electrons. The molecule has 1 aliphatic rings. The molecule has 1 fully saturated rings. The van der Waals surface area contributed by atoms with Crippen molar-refractivity contribution in [2.45, 2.75) is 31.2 Å². The van der Waals surface area contributed by atoms with Gasteiger partial charge < -0.3 is 10.1 Å². The average molecular weight is 241 g/mol. The number of benzene rings is 1. The molecule has 2 rings (SSSR count). The van der Waals surface area contributed by atoms with Crippen LogP contribution in [0, 0.1) is 0 Å². The summed E-state index contributed by atoms with van der Waals surface area (Å²) in [6, 6.07) is 6.20. The Kier molecular flexibility index (Phi) is 3.62. The molecular weight excluding hydrogens is 224 g/mol. The summed E-state index contributed by atoms with van der Waals surface area (Å²) in [5.41, 5.74) is 0.614. The third kappa shape index (κ3) is 2.94. The van der Waals surface area contributed by atoms with Crippen LogP contribution in [-0.2, 0) is 6.42 Å². The van der Waals surface area contributed by atoms with Crippen LogP contribution >= 0.6 is 0 Å². The van der Waals surface area contributed by atoms with E-state index in [0.29, 0.717) is 24.3 Å². The van der Waals surface area contributed by atoms with Crippen molar-refractivity contribution in [2.75, 3.05) is 13.7 Å². The summed E-state index contributed by atoms with van der Waals surface area (Å²) in [5, 5.41) is 2.86. The zero-order valence-electron chi connectivity index (χ0n) is 9.88. The van der Waals surface area contributed by atoms with Crippen LogP contribution in [-0.4, -0.2) is 25.6 Å². The summed E-state index contributed by atoms with van der Waals surface area (Å²) >= 11 is 0. The van der Waals surface area contributed by atoms with Gasteiger partial charge in [0.1, 0.15) is 5.75 Å². The topological polar surface area (TPSA) is 21.3 Å².